The van der Waals surface area contributed by atoms with Crippen molar-refractivity contribution >= 4 is 17.3 Å². The van der Waals surface area contributed by atoms with Crippen LogP contribution in [0.3, 0.4) is 0 Å². The first kappa shape index (κ1) is 14.6. The maximum absolute atomic E-state index is 13.7. The van der Waals surface area contributed by atoms with Crippen LogP contribution in [0.4, 0.5) is 20.2 Å². The summed E-state index contributed by atoms with van der Waals surface area (Å²) in [6.07, 6.45) is 0. The van der Waals surface area contributed by atoms with Crippen LogP contribution in [0.1, 0.15) is 15.9 Å². The topological polar surface area (TPSA) is 72.2 Å². The van der Waals surface area contributed by atoms with E-state index in [0.717, 1.165) is 12.1 Å². The van der Waals surface area contributed by atoms with E-state index in [2.05, 4.69) is 5.32 Å². The molecule has 108 valence electrons. The number of rotatable bonds is 3. The second kappa shape index (κ2) is 5.66. The lowest BCUT2D eigenvalue weighted by Gasteiger charge is -2.07. The minimum Gasteiger partial charge on any atom is -0.316 e. The van der Waals surface area contributed by atoms with E-state index in [1.54, 1.807) is 6.92 Å². The molecule has 0 radical (unpaired) electrons. The van der Waals surface area contributed by atoms with Crippen LogP contribution in [0.15, 0.2) is 36.4 Å². The number of halogens is 2. The lowest BCUT2D eigenvalue weighted by Crippen LogP contribution is -2.15. The molecule has 1 N–H and O–H groups in total. The number of nitro groups is 1. The molecule has 0 fully saturated rings. The highest BCUT2D eigenvalue weighted by molar-refractivity contribution is 6.05. The van der Waals surface area contributed by atoms with Crippen LogP contribution in [0.5, 0.6) is 0 Å². The number of amides is 1. The average Bonchev–Trinajstić information content (AvgIpc) is 2.40. The van der Waals surface area contributed by atoms with Crippen LogP contribution in [-0.2, 0) is 0 Å². The van der Waals surface area contributed by atoms with Gasteiger partial charge in [0.1, 0.15) is 17.3 Å². The molecule has 0 spiro atoms. The zero-order valence-electron chi connectivity index (χ0n) is 10.9. The standard InChI is InChI=1S/C14H10F2N2O3/c1-8-2-4-10(11(16)6-8)14(19)17-12-5-3-9(15)7-13(12)18(20)21/h2-7H,1H3,(H,17,19). The van der Waals surface area contributed by atoms with Gasteiger partial charge in [0.2, 0.25) is 0 Å². The largest absolute Gasteiger partial charge is 0.316 e. The number of nitro benzene ring substituents is 1. The molecular weight excluding hydrogens is 282 g/mol. The number of nitrogens with one attached hydrogen (secondary N) is 1. The third kappa shape index (κ3) is 3.19. The van der Waals surface area contributed by atoms with Crippen LogP contribution < -0.4 is 5.32 Å². The van der Waals surface area contributed by atoms with Crippen molar-refractivity contribution in [3.8, 4) is 0 Å². The molecule has 0 bridgehead atoms. The first-order chi connectivity index (χ1) is 9.88. The van der Waals surface area contributed by atoms with E-state index in [4.69, 9.17) is 0 Å². The Morgan fingerprint density at radius 1 is 1.19 bits per heavy atom. The molecule has 0 saturated carbocycles. The molecule has 0 aliphatic carbocycles. The van der Waals surface area contributed by atoms with E-state index in [0.29, 0.717) is 11.6 Å². The molecule has 0 saturated heterocycles. The summed E-state index contributed by atoms with van der Waals surface area (Å²) in [5, 5.41) is 13.0. The van der Waals surface area contributed by atoms with Crippen LogP contribution in [-0.4, -0.2) is 10.8 Å². The Morgan fingerprint density at radius 3 is 2.52 bits per heavy atom. The van der Waals surface area contributed by atoms with Crippen molar-refractivity contribution < 1.29 is 18.5 Å². The van der Waals surface area contributed by atoms with E-state index < -0.39 is 28.2 Å². The molecule has 7 heteroatoms. The summed E-state index contributed by atoms with van der Waals surface area (Å²) in [7, 11) is 0. The van der Waals surface area contributed by atoms with Gasteiger partial charge in [-0.05, 0) is 36.8 Å². The number of aryl methyl sites for hydroxylation is 1. The molecule has 0 aliphatic heterocycles. The van der Waals surface area contributed by atoms with Gasteiger partial charge >= 0.3 is 0 Å². The Hall–Kier alpha value is -2.83. The maximum Gasteiger partial charge on any atom is 0.295 e. The molecule has 5 nitrogen and oxygen atoms in total. The zero-order valence-corrected chi connectivity index (χ0v) is 10.9. The number of anilines is 1. The third-order valence-corrected chi connectivity index (χ3v) is 2.77. The van der Waals surface area contributed by atoms with Gasteiger partial charge < -0.3 is 5.32 Å². The van der Waals surface area contributed by atoms with E-state index >= 15 is 0 Å². The molecule has 21 heavy (non-hydrogen) atoms. The molecular formula is C14H10F2N2O3. The number of benzene rings is 2. The summed E-state index contributed by atoms with van der Waals surface area (Å²) in [6, 6.07) is 6.69. The van der Waals surface area contributed by atoms with Crippen molar-refractivity contribution in [3.05, 3.63) is 69.3 Å². The summed E-state index contributed by atoms with van der Waals surface area (Å²) >= 11 is 0. The fourth-order valence-corrected chi connectivity index (χ4v) is 1.76. The fourth-order valence-electron chi connectivity index (χ4n) is 1.76. The number of nitrogens with zero attached hydrogens (tertiary/aromatic N) is 1. The van der Waals surface area contributed by atoms with Crippen molar-refractivity contribution in [1.29, 1.82) is 0 Å². The Morgan fingerprint density at radius 2 is 1.90 bits per heavy atom. The van der Waals surface area contributed by atoms with Gasteiger partial charge in [0.15, 0.2) is 0 Å². The van der Waals surface area contributed by atoms with Crippen molar-refractivity contribution in [2.75, 3.05) is 5.32 Å². The number of carbonyl (C=O) groups excluding carboxylic acids is 1. The molecule has 0 atom stereocenters. The van der Waals surface area contributed by atoms with E-state index in [1.165, 1.54) is 18.2 Å². The van der Waals surface area contributed by atoms with E-state index in [1.807, 2.05) is 0 Å². The molecule has 2 aromatic rings. The Labute approximate surface area is 118 Å². The van der Waals surface area contributed by atoms with Crippen molar-refractivity contribution in [3.63, 3.8) is 0 Å². The van der Waals surface area contributed by atoms with Gasteiger partial charge in [-0.2, -0.15) is 0 Å². The number of carbonyl (C=O) groups is 1. The van der Waals surface area contributed by atoms with Gasteiger partial charge in [-0.1, -0.05) is 6.07 Å². The van der Waals surface area contributed by atoms with Gasteiger partial charge in [-0.15, -0.1) is 0 Å². The fraction of sp³-hybridized carbons (Fsp3) is 0.0714. The van der Waals surface area contributed by atoms with Crippen molar-refractivity contribution in [1.82, 2.24) is 0 Å². The molecule has 1 amide bonds. The van der Waals surface area contributed by atoms with Gasteiger partial charge in [-0.25, -0.2) is 8.78 Å². The number of hydrogen-bond acceptors (Lipinski definition) is 3. The quantitative estimate of drug-likeness (QED) is 0.695. The van der Waals surface area contributed by atoms with Gasteiger partial charge in [0.05, 0.1) is 16.6 Å². The molecule has 2 rings (SSSR count). The minimum atomic E-state index is -0.845. The Balaban J connectivity index is 2.34. The molecule has 2 aromatic carbocycles. The van der Waals surface area contributed by atoms with E-state index in [-0.39, 0.29) is 11.3 Å². The highest BCUT2D eigenvalue weighted by Gasteiger charge is 2.19. The Kier molecular flexibility index (Phi) is 3.93. The predicted octanol–water partition coefficient (Wildman–Crippen LogP) is 3.43. The summed E-state index contributed by atoms with van der Waals surface area (Å²) in [6.45, 7) is 1.66. The van der Waals surface area contributed by atoms with Crippen LogP contribution in [0, 0.1) is 28.7 Å². The summed E-state index contributed by atoms with van der Waals surface area (Å²) in [4.78, 5) is 21.9. The van der Waals surface area contributed by atoms with E-state index in [9.17, 15) is 23.7 Å². The SMILES string of the molecule is Cc1ccc(C(=O)Nc2ccc(F)cc2[N+](=O)[O-])c(F)c1. The lowest BCUT2D eigenvalue weighted by atomic mass is 10.1. The summed E-state index contributed by atoms with van der Waals surface area (Å²) < 4.78 is 26.7. The number of hydrogen-bond donors (Lipinski definition) is 1. The van der Waals surface area contributed by atoms with Gasteiger partial charge in [0, 0.05) is 0 Å². The molecule has 0 aliphatic rings. The lowest BCUT2D eigenvalue weighted by molar-refractivity contribution is -0.384. The van der Waals surface area contributed by atoms with Crippen molar-refractivity contribution in [2.24, 2.45) is 0 Å². The van der Waals surface area contributed by atoms with Crippen molar-refractivity contribution in [2.45, 2.75) is 6.92 Å². The monoisotopic (exact) mass is 292 g/mol. The summed E-state index contributed by atoms with van der Waals surface area (Å²) in [5.74, 6) is -2.39. The predicted molar refractivity (Wildman–Crippen MR) is 72.1 cm³/mol. The average molecular weight is 292 g/mol. The second-order valence-electron chi connectivity index (χ2n) is 4.36. The third-order valence-electron chi connectivity index (χ3n) is 2.77. The zero-order chi connectivity index (χ0) is 15.6. The molecule has 0 unspecified atom stereocenters. The van der Waals surface area contributed by atoms with Gasteiger partial charge in [0.25, 0.3) is 11.6 Å². The highest BCUT2D eigenvalue weighted by Crippen LogP contribution is 2.25. The summed E-state index contributed by atoms with van der Waals surface area (Å²) in [5.41, 5.74) is -0.418. The van der Waals surface area contributed by atoms with Crippen LogP contribution in [0.25, 0.3) is 0 Å². The van der Waals surface area contributed by atoms with Crippen LogP contribution >= 0.6 is 0 Å². The van der Waals surface area contributed by atoms with Crippen LogP contribution in [0.2, 0.25) is 0 Å². The molecule has 0 heterocycles. The first-order valence-corrected chi connectivity index (χ1v) is 5.90. The smallest absolute Gasteiger partial charge is 0.295 e. The van der Waals surface area contributed by atoms with Gasteiger partial charge in [-0.3, -0.25) is 14.9 Å². The first-order valence-electron chi connectivity index (χ1n) is 5.90. The highest BCUT2D eigenvalue weighted by atomic mass is 19.1. The second-order valence-corrected chi connectivity index (χ2v) is 4.36. The normalized spacial score (nSPS) is 10.2. The molecule has 0 aromatic heterocycles. The maximum atomic E-state index is 13.7. The Bertz CT molecular complexity index is 732. The minimum absolute atomic E-state index is 0.202.